The fourth-order valence-electron chi connectivity index (χ4n) is 4.12. The average molecular weight is 480 g/mol. The molecule has 4 rings (SSSR count). The second-order valence-corrected chi connectivity index (χ2v) is 10.2. The van der Waals surface area contributed by atoms with E-state index >= 15 is 0 Å². The first-order valence-electron chi connectivity index (χ1n) is 11.1. The lowest BCUT2D eigenvalue weighted by Gasteiger charge is -2.34. The van der Waals surface area contributed by atoms with Gasteiger partial charge in [0.05, 0.1) is 6.10 Å². The number of amides is 2. The zero-order chi connectivity index (χ0) is 23.4. The van der Waals surface area contributed by atoms with Crippen LogP contribution in [-0.4, -0.2) is 55.9 Å². The van der Waals surface area contributed by atoms with Gasteiger partial charge in [0.15, 0.2) is 0 Å². The predicted molar refractivity (Wildman–Crippen MR) is 118 cm³/mol. The molecule has 0 radical (unpaired) electrons. The fraction of sp³-hybridized carbons (Fsp3) is 0.435. The maximum absolute atomic E-state index is 14.0. The Morgan fingerprint density at radius 2 is 1.67 bits per heavy atom. The van der Waals surface area contributed by atoms with Crippen molar-refractivity contribution in [3.8, 4) is 5.75 Å². The van der Waals surface area contributed by atoms with Gasteiger partial charge >= 0.3 is 6.03 Å². The highest BCUT2D eigenvalue weighted by molar-refractivity contribution is 7.89. The number of rotatable bonds is 6. The summed E-state index contributed by atoms with van der Waals surface area (Å²) in [7, 11) is -4.18. The van der Waals surface area contributed by atoms with Crippen LogP contribution in [-0.2, 0) is 16.6 Å². The average Bonchev–Trinajstić information content (AvgIpc) is 3.33. The Balaban J connectivity index is 1.26. The Labute approximate surface area is 192 Å². The smallest absolute Gasteiger partial charge is 0.317 e. The maximum atomic E-state index is 14.0. The van der Waals surface area contributed by atoms with Crippen LogP contribution in [0.3, 0.4) is 0 Å². The molecule has 1 aliphatic carbocycles. The Morgan fingerprint density at radius 1 is 1.00 bits per heavy atom. The lowest BCUT2D eigenvalue weighted by atomic mass is 10.2. The lowest BCUT2D eigenvalue weighted by Crippen LogP contribution is -2.53. The summed E-state index contributed by atoms with van der Waals surface area (Å²) in [6.45, 7) is 0.625. The number of halogens is 2. The van der Waals surface area contributed by atoms with Crippen molar-refractivity contribution in [3.63, 3.8) is 0 Å². The highest BCUT2D eigenvalue weighted by Gasteiger charge is 2.32. The monoisotopic (exact) mass is 479 g/mol. The van der Waals surface area contributed by atoms with E-state index in [9.17, 15) is 22.0 Å². The van der Waals surface area contributed by atoms with E-state index in [-0.39, 0.29) is 38.3 Å². The third-order valence-corrected chi connectivity index (χ3v) is 7.92. The van der Waals surface area contributed by atoms with Gasteiger partial charge in [0.2, 0.25) is 10.0 Å². The summed E-state index contributed by atoms with van der Waals surface area (Å²) in [5, 5.41) is 2.83. The predicted octanol–water partition coefficient (Wildman–Crippen LogP) is 3.50. The molecule has 1 saturated heterocycles. The molecule has 1 N–H and O–H groups in total. The summed E-state index contributed by atoms with van der Waals surface area (Å²) in [5.41, 5.74) is 0.921. The summed E-state index contributed by atoms with van der Waals surface area (Å²) in [4.78, 5) is 13.3. The fourth-order valence-corrected chi connectivity index (χ4v) is 5.62. The largest absolute Gasteiger partial charge is 0.490 e. The number of nitrogens with one attached hydrogen (secondary N) is 1. The number of carbonyl (C=O) groups excluding carboxylic acids is 1. The molecular formula is C23H27F2N3O4S. The number of urea groups is 1. The minimum absolute atomic E-state index is 0.00108. The van der Waals surface area contributed by atoms with Crippen molar-refractivity contribution in [2.75, 3.05) is 26.2 Å². The molecule has 178 valence electrons. The van der Waals surface area contributed by atoms with E-state index in [2.05, 4.69) is 5.32 Å². The Kier molecular flexibility index (Phi) is 7.14. The number of carbonyl (C=O) groups is 1. The number of benzene rings is 2. The molecule has 0 aromatic heterocycles. The van der Waals surface area contributed by atoms with Gasteiger partial charge in [-0.15, -0.1) is 0 Å². The van der Waals surface area contributed by atoms with Crippen molar-refractivity contribution in [2.24, 2.45) is 0 Å². The van der Waals surface area contributed by atoms with Crippen molar-refractivity contribution < 1.29 is 26.7 Å². The number of sulfonamides is 1. The van der Waals surface area contributed by atoms with Gasteiger partial charge in [0, 0.05) is 32.7 Å². The molecule has 2 aromatic rings. The van der Waals surface area contributed by atoms with Crippen molar-refractivity contribution in [1.82, 2.24) is 14.5 Å². The third kappa shape index (κ3) is 5.62. The molecule has 7 nitrogen and oxygen atoms in total. The molecule has 1 aliphatic heterocycles. The van der Waals surface area contributed by atoms with Crippen LogP contribution in [0, 0.1) is 11.6 Å². The van der Waals surface area contributed by atoms with Crippen molar-refractivity contribution in [1.29, 1.82) is 0 Å². The van der Waals surface area contributed by atoms with Crippen LogP contribution in [0.25, 0.3) is 0 Å². The molecule has 10 heteroatoms. The van der Waals surface area contributed by atoms with Crippen molar-refractivity contribution >= 4 is 16.1 Å². The SMILES string of the molecule is O=C(NCc1ccc(OC2CCCC2)cc1)N1CCN(S(=O)(=O)c2cc(F)ccc2F)CC1. The summed E-state index contributed by atoms with van der Waals surface area (Å²) in [6.07, 6.45) is 4.87. The Morgan fingerprint density at radius 3 is 2.33 bits per heavy atom. The van der Waals surface area contributed by atoms with Crippen LogP contribution in [0.4, 0.5) is 13.6 Å². The first-order valence-corrected chi connectivity index (χ1v) is 12.5. The summed E-state index contributed by atoms with van der Waals surface area (Å²) >= 11 is 0. The maximum Gasteiger partial charge on any atom is 0.317 e. The molecule has 2 aliphatic rings. The minimum atomic E-state index is -4.18. The van der Waals surface area contributed by atoms with Gasteiger partial charge < -0.3 is 15.0 Å². The Hall–Kier alpha value is -2.72. The molecule has 1 heterocycles. The van der Waals surface area contributed by atoms with Crippen LogP contribution in [0.1, 0.15) is 31.2 Å². The van der Waals surface area contributed by atoms with Gasteiger partial charge in [-0.3, -0.25) is 0 Å². The highest BCUT2D eigenvalue weighted by atomic mass is 32.2. The minimum Gasteiger partial charge on any atom is -0.490 e. The highest BCUT2D eigenvalue weighted by Crippen LogP contribution is 2.24. The van der Waals surface area contributed by atoms with Crippen LogP contribution < -0.4 is 10.1 Å². The van der Waals surface area contributed by atoms with Crippen LogP contribution in [0.2, 0.25) is 0 Å². The molecular weight excluding hydrogens is 452 g/mol. The number of hydrogen-bond donors (Lipinski definition) is 1. The lowest BCUT2D eigenvalue weighted by molar-refractivity contribution is 0.172. The van der Waals surface area contributed by atoms with Crippen molar-refractivity contribution in [3.05, 3.63) is 59.7 Å². The van der Waals surface area contributed by atoms with Crippen LogP contribution in [0.15, 0.2) is 47.4 Å². The summed E-state index contributed by atoms with van der Waals surface area (Å²) in [5.74, 6) is -1.01. The van der Waals surface area contributed by atoms with Crippen LogP contribution in [0.5, 0.6) is 5.75 Å². The second-order valence-electron chi connectivity index (χ2n) is 8.29. The zero-order valence-corrected chi connectivity index (χ0v) is 19.0. The van der Waals surface area contributed by atoms with E-state index in [1.54, 1.807) is 0 Å². The van der Waals surface area contributed by atoms with Gasteiger partial charge in [-0.1, -0.05) is 12.1 Å². The summed E-state index contributed by atoms with van der Waals surface area (Å²) in [6, 6.07) is 9.63. The molecule has 33 heavy (non-hydrogen) atoms. The van der Waals surface area contributed by atoms with E-state index < -0.39 is 26.6 Å². The molecule has 2 aromatic carbocycles. The summed E-state index contributed by atoms with van der Waals surface area (Å²) < 4.78 is 59.7. The van der Waals surface area contributed by atoms with Gasteiger partial charge in [-0.05, 0) is 61.6 Å². The molecule has 1 saturated carbocycles. The van der Waals surface area contributed by atoms with Gasteiger partial charge in [-0.25, -0.2) is 22.0 Å². The van der Waals surface area contributed by atoms with E-state index in [4.69, 9.17) is 4.74 Å². The first kappa shape index (κ1) is 23.4. The molecule has 2 fully saturated rings. The van der Waals surface area contributed by atoms with Gasteiger partial charge in [0.1, 0.15) is 22.3 Å². The zero-order valence-electron chi connectivity index (χ0n) is 18.2. The molecule has 0 unspecified atom stereocenters. The van der Waals surface area contributed by atoms with E-state index in [0.717, 1.165) is 40.6 Å². The number of nitrogens with zero attached hydrogens (tertiary/aromatic N) is 2. The van der Waals surface area contributed by atoms with E-state index in [1.165, 1.54) is 17.7 Å². The van der Waals surface area contributed by atoms with E-state index in [0.29, 0.717) is 12.6 Å². The normalized spacial score (nSPS) is 17.8. The Bertz CT molecular complexity index is 1080. The standard InChI is InChI=1S/C23H27F2N3O4S/c24-18-7-10-21(25)22(15-18)33(30,31)28-13-11-27(12-14-28)23(29)26-16-17-5-8-20(9-6-17)32-19-3-1-2-4-19/h5-10,15,19H,1-4,11-14,16H2,(H,26,29). The molecule has 0 atom stereocenters. The van der Waals surface area contributed by atoms with Crippen molar-refractivity contribution in [2.45, 2.75) is 43.2 Å². The number of piperazine rings is 1. The third-order valence-electron chi connectivity index (χ3n) is 6.01. The number of hydrogen-bond acceptors (Lipinski definition) is 4. The molecule has 2 amide bonds. The second kappa shape index (κ2) is 10.0. The van der Waals surface area contributed by atoms with Gasteiger partial charge in [-0.2, -0.15) is 4.31 Å². The van der Waals surface area contributed by atoms with Gasteiger partial charge in [0.25, 0.3) is 0 Å². The quantitative estimate of drug-likeness (QED) is 0.688. The first-order chi connectivity index (χ1) is 15.8. The topological polar surface area (TPSA) is 79.0 Å². The molecule has 0 spiro atoms. The van der Waals surface area contributed by atoms with E-state index in [1.807, 2.05) is 24.3 Å². The number of ether oxygens (including phenoxy) is 1. The van der Waals surface area contributed by atoms with Crippen LogP contribution >= 0.6 is 0 Å². The molecule has 0 bridgehead atoms.